The van der Waals surface area contributed by atoms with E-state index < -0.39 is 5.82 Å². The highest BCUT2D eigenvalue weighted by molar-refractivity contribution is 7.80. The predicted octanol–water partition coefficient (Wildman–Crippen LogP) is 2.64. The minimum atomic E-state index is -0.483. The van der Waals surface area contributed by atoms with Crippen LogP contribution in [0.15, 0.2) is 24.3 Å². The maximum atomic E-state index is 13.0. The van der Waals surface area contributed by atoms with Crippen LogP contribution in [0, 0.1) is 17.1 Å². The van der Waals surface area contributed by atoms with Crippen LogP contribution in [0.4, 0.5) is 4.39 Å². The van der Waals surface area contributed by atoms with Crippen LogP contribution in [0.3, 0.4) is 0 Å². The summed E-state index contributed by atoms with van der Waals surface area (Å²) in [7, 11) is 0. The summed E-state index contributed by atoms with van der Waals surface area (Å²) in [6, 6.07) is 6.26. The zero-order valence-corrected chi connectivity index (χ0v) is 7.76. The predicted molar refractivity (Wildman–Crippen MR) is 54.0 cm³/mol. The van der Waals surface area contributed by atoms with Crippen LogP contribution >= 0.6 is 12.6 Å². The molecule has 1 rings (SSSR count). The fourth-order valence-electron chi connectivity index (χ4n) is 0.914. The van der Waals surface area contributed by atoms with E-state index in [0.717, 1.165) is 5.56 Å². The van der Waals surface area contributed by atoms with E-state index in [1.165, 1.54) is 12.1 Å². The van der Waals surface area contributed by atoms with Crippen molar-refractivity contribution in [1.82, 2.24) is 0 Å². The van der Waals surface area contributed by atoms with Gasteiger partial charge in [-0.15, -0.1) is 0 Å². The topological polar surface area (TPSA) is 23.8 Å². The van der Waals surface area contributed by atoms with Gasteiger partial charge < -0.3 is 0 Å². The van der Waals surface area contributed by atoms with Crippen molar-refractivity contribution in [3.8, 4) is 6.07 Å². The summed E-state index contributed by atoms with van der Waals surface area (Å²) >= 11 is 3.98. The molecule has 0 saturated heterocycles. The van der Waals surface area contributed by atoms with Crippen molar-refractivity contribution in [2.24, 2.45) is 0 Å². The summed E-state index contributed by atoms with van der Waals surface area (Å²) in [5, 5.41) is 8.47. The molecule has 0 saturated carbocycles. The minimum absolute atomic E-state index is 0.0722. The Morgan fingerprint density at radius 1 is 1.54 bits per heavy atom. The van der Waals surface area contributed by atoms with E-state index in [4.69, 9.17) is 5.26 Å². The molecule has 0 N–H and O–H groups in total. The van der Waals surface area contributed by atoms with Gasteiger partial charge in [0.25, 0.3) is 0 Å². The third-order valence-electron chi connectivity index (χ3n) is 1.53. The van der Waals surface area contributed by atoms with E-state index in [1.807, 2.05) is 6.08 Å². The van der Waals surface area contributed by atoms with Gasteiger partial charge in [-0.05, 0) is 17.7 Å². The molecule has 3 heteroatoms. The molecule has 0 unspecified atom stereocenters. The standard InChI is InChI=1S/C10H8FNS/c11-10-6-8(2-1-5-13)3-4-9(10)7-12/h1-4,6,13H,5H2. The Kier molecular flexibility index (Phi) is 3.53. The van der Waals surface area contributed by atoms with Gasteiger partial charge in [0.1, 0.15) is 11.9 Å². The Morgan fingerprint density at radius 3 is 2.85 bits per heavy atom. The number of nitriles is 1. The molecule has 0 aromatic heterocycles. The van der Waals surface area contributed by atoms with Crippen molar-refractivity contribution in [3.63, 3.8) is 0 Å². The molecule has 1 nitrogen and oxygen atoms in total. The highest BCUT2D eigenvalue weighted by Gasteiger charge is 1.99. The van der Waals surface area contributed by atoms with Crippen LogP contribution in [0.2, 0.25) is 0 Å². The summed E-state index contributed by atoms with van der Waals surface area (Å²) in [4.78, 5) is 0. The summed E-state index contributed by atoms with van der Waals surface area (Å²) in [5.74, 6) is 0.130. The van der Waals surface area contributed by atoms with Gasteiger partial charge >= 0.3 is 0 Å². The second-order valence-electron chi connectivity index (χ2n) is 2.44. The first-order valence-corrected chi connectivity index (χ1v) is 4.38. The average Bonchev–Trinajstić information content (AvgIpc) is 2.15. The molecular weight excluding hydrogens is 185 g/mol. The number of benzene rings is 1. The number of rotatable bonds is 2. The fourth-order valence-corrected chi connectivity index (χ4v) is 1.02. The van der Waals surface area contributed by atoms with Gasteiger partial charge in [0.05, 0.1) is 5.56 Å². The smallest absolute Gasteiger partial charge is 0.141 e. The van der Waals surface area contributed by atoms with Crippen LogP contribution in [0.25, 0.3) is 6.08 Å². The third-order valence-corrected chi connectivity index (χ3v) is 1.74. The average molecular weight is 193 g/mol. The zero-order valence-electron chi connectivity index (χ0n) is 6.87. The molecule has 0 radical (unpaired) electrons. The molecule has 0 heterocycles. The van der Waals surface area contributed by atoms with Crippen molar-refractivity contribution >= 4 is 18.7 Å². The second kappa shape index (κ2) is 4.68. The largest absolute Gasteiger partial charge is 0.206 e. The third kappa shape index (κ3) is 2.60. The molecular formula is C10H8FNS. The van der Waals surface area contributed by atoms with E-state index in [-0.39, 0.29) is 5.56 Å². The highest BCUT2D eigenvalue weighted by atomic mass is 32.1. The van der Waals surface area contributed by atoms with Crippen LogP contribution < -0.4 is 0 Å². The van der Waals surface area contributed by atoms with Gasteiger partial charge in [0.15, 0.2) is 0 Å². The number of thiol groups is 1. The van der Waals surface area contributed by atoms with Crippen molar-refractivity contribution in [3.05, 3.63) is 41.2 Å². The molecule has 0 aliphatic carbocycles. The van der Waals surface area contributed by atoms with E-state index in [1.54, 1.807) is 18.2 Å². The quantitative estimate of drug-likeness (QED) is 0.717. The van der Waals surface area contributed by atoms with Crippen LogP contribution in [-0.2, 0) is 0 Å². The fraction of sp³-hybridized carbons (Fsp3) is 0.100. The van der Waals surface area contributed by atoms with Gasteiger partial charge in [0, 0.05) is 5.75 Å². The molecule has 0 atom stereocenters. The Hall–Kier alpha value is -1.27. The molecule has 1 aromatic rings. The highest BCUT2D eigenvalue weighted by Crippen LogP contribution is 2.10. The van der Waals surface area contributed by atoms with E-state index in [9.17, 15) is 4.39 Å². The Bertz CT molecular complexity index is 366. The van der Waals surface area contributed by atoms with E-state index >= 15 is 0 Å². The summed E-state index contributed by atoms with van der Waals surface area (Å²) in [5.41, 5.74) is 0.813. The normalized spacial score (nSPS) is 10.2. The first kappa shape index (κ1) is 9.82. The van der Waals surface area contributed by atoms with Crippen LogP contribution in [0.5, 0.6) is 0 Å². The molecule has 66 valence electrons. The Labute approximate surface area is 81.9 Å². The maximum Gasteiger partial charge on any atom is 0.141 e. The lowest BCUT2D eigenvalue weighted by molar-refractivity contribution is 0.623. The number of nitrogens with zero attached hydrogens (tertiary/aromatic N) is 1. The van der Waals surface area contributed by atoms with Gasteiger partial charge in [0.2, 0.25) is 0 Å². The summed E-state index contributed by atoms with van der Waals surface area (Å²) in [6.45, 7) is 0. The molecule has 0 amide bonds. The first-order valence-electron chi connectivity index (χ1n) is 3.75. The Morgan fingerprint density at radius 2 is 2.31 bits per heavy atom. The molecule has 13 heavy (non-hydrogen) atoms. The van der Waals surface area contributed by atoms with Crippen molar-refractivity contribution in [2.75, 3.05) is 5.75 Å². The molecule has 0 aliphatic heterocycles. The van der Waals surface area contributed by atoms with Gasteiger partial charge in [-0.1, -0.05) is 18.2 Å². The van der Waals surface area contributed by atoms with Gasteiger partial charge in [-0.3, -0.25) is 0 Å². The van der Waals surface area contributed by atoms with Crippen molar-refractivity contribution in [1.29, 1.82) is 5.26 Å². The monoisotopic (exact) mass is 193 g/mol. The molecule has 0 aliphatic rings. The van der Waals surface area contributed by atoms with Gasteiger partial charge in [-0.2, -0.15) is 17.9 Å². The summed E-state index contributed by atoms with van der Waals surface area (Å²) < 4.78 is 13.0. The second-order valence-corrected chi connectivity index (χ2v) is 2.80. The van der Waals surface area contributed by atoms with E-state index in [2.05, 4.69) is 12.6 Å². The van der Waals surface area contributed by atoms with Crippen molar-refractivity contribution in [2.45, 2.75) is 0 Å². The summed E-state index contributed by atoms with van der Waals surface area (Å²) in [6.07, 6.45) is 3.57. The molecule has 0 bridgehead atoms. The number of halogens is 1. The first-order chi connectivity index (χ1) is 6.27. The van der Waals surface area contributed by atoms with Crippen molar-refractivity contribution < 1.29 is 4.39 Å². The van der Waals surface area contributed by atoms with Gasteiger partial charge in [-0.25, -0.2) is 4.39 Å². The van der Waals surface area contributed by atoms with Crippen LogP contribution in [-0.4, -0.2) is 5.75 Å². The van der Waals surface area contributed by atoms with Crippen LogP contribution in [0.1, 0.15) is 11.1 Å². The lowest BCUT2D eigenvalue weighted by atomic mass is 10.1. The zero-order chi connectivity index (χ0) is 9.68. The maximum absolute atomic E-state index is 13.0. The lowest BCUT2D eigenvalue weighted by Gasteiger charge is -1.95. The number of hydrogen-bond acceptors (Lipinski definition) is 2. The lowest BCUT2D eigenvalue weighted by Crippen LogP contribution is -1.83. The Balaban J connectivity index is 2.97. The molecule has 0 spiro atoms. The molecule has 1 aromatic carbocycles. The number of hydrogen-bond donors (Lipinski definition) is 1. The van der Waals surface area contributed by atoms with E-state index in [0.29, 0.717) is 5.75 Å². The SMILES string of the molecule is N#Cc1ccc(C=CCS)cc1F. The molecule has 0 fully saturated rings. The minimum Gasteiger partial charge on any atom is -0.206 e.